The Balaban J connectivity index is 2.27. The number of amides is 1. The van der Waals surface area contributed by atoms with E-state index in [0.29, 0.717) is 17.2 Å². The van der Waals surface area contributed by atoms with E-state index in [2.05, 4.69) is 10.3 Å². The number of nitrogens with one attached hydrogen (secondary N) is 1. The van der Waals surface area contributed by atoms with Crippen LogP contribution in [0.15, 0.2) is 23.2 Å². The van der Waals surface area contributed by atoms with Crippen molar-refractivity contribution in [3.05, 3.63) is 40.6 Å². The molecule has 1 heterocycles. The summed E-state index contributed by atoms with van der Waals surface area (Å²) in [5.74, 6) is 0.182. The molecular weight excluding hydrogens is 419 g/mol. The highest BCUT2D eigenvalue weighted by atomic mass is 32.2. The Morgan fingerprint density at radius 3 is 2.53 bits per heavy atom. The summed E-state index contributed by atoms with van der Waals surface area (Å²) in [7, 11) is 2.92. The number of carbonyl (C=O) groups excluding carboxylic acids is 1. The highest BCUT2D eigenvalue weighted by Crippen LogP contribution is 2.39. The second kappa shape index (κ2) is 9.71. The Bertz CT molecular complexity index is 988. The summed E-state index contributed by atoms with van der Waals surface area (Å²) in [6, 6.07) is 6.40. The first-order chi connectivity index (χ1) is 14.2. The molecule has 1 aromatic carbocycles. The fraction of sp³-hybridized carbons (Fsp3) is 0.350. The summed E-state index contributed by atoms with van der Waals surface area (Å²) >= 11 is 0.777. The molecule has 0 bridgehead atoms. The number of aromatic nitrogens is 1. The van der Waals surface area contributed by atoms with Gasteiger partial charge in [0.25, 0.3) is 0 Å². The summed E-state index contributed by atoms with van der Waals surface area (Å²) in [6.45, 7) is 2.98. The molecule has 0 aliphatic rings. The molecule has 6 nitrogen and oxygen atoms in total. The molecule has 0 unspecified atom stereocenters. The van der Waals surface area contributed by atoms with Crippen molar-refractivity contribution in [3.63, 3.8) is 0 Å². The van der Waals surface area contributed by atoms with Crippen LogP contribution in [-0.4, -0.2) is 30.9 Å². The van der Waals surface area contributed by atoms with Crippen LogP contribution < -0.4 is 14.8 Å². The van der Waals surface area contributed by atoms with Crippen LogP contribution in [0.4, 0.5) is 18.9 Å². The molecule has 0 fully saturated rings. The number of rotatable bonds is 7. The van der Waals surface area contributed by atoms with Crippen LogP contribution in [-0.2, 0) is 17.4 Å². The molecule has 160 valence electrons. The van der Waals surface area contributed by atoms with E-state index in [-0.39, 0.29) is 28.5 Å². The lowest BCUT2D eigenvalue weighted by Crippen LogP contribution is -2.17. The fourth-order valence-corrected chi connectivity index (χ4v) is 3.64. The van der Waals surface area contributed by atoms with Gasteiger partial charge in [0.1, 0.15) is 22.6 Å². The number of nitrogens with zero attached hydrogens (tertiary/aromatic N) is 2. The van der Waals surface area contributed by atoms with Gasteiger partial charge in [0, 0.05) is 11.8 Å². The van der Waals surface area contributed by atoms with Crippen molar-refractivity contribution in [2.24, 2.45) is 0 Å². The zero-order chi connectivity index (χ0) is 22.5. The van der Waals surface area contributed by atoms with Crippen molar-refractivity contribution in [2.75, 3.05) is 25.3 Å². The van der Waals surface area contributed by atoms with Crippen LogP contribution in [0, 0.1) is 18.3 Å². The summed E-state index contributed by atoms with van der Waals surface area (Å²) < 4.78 is 50.9. The lowest BCUT2D eigenvalue weighted by molar-refractivity contribution is -0.138. The fourth-order valence-electron chi connectivity index (χ4n) is 2.83. The Morgan fingerprint density at radius 1 is 1.30 bits per heavy atom. The van der Waals surface area contributed by atoms with E-state index in [4.69, 9.17) is 9.47 Å². The molecular formula is C20H20F3N3O3S. The molecule has 0 radical (unpaired) electrons. The quantitative estimate of drug-likeness (QED) is 0.636. The second-order valence-corrected chi connectivity index (χ2v) is 7.07. The molecule has 0 spiro atoms. The van der Waals surface area contributed by atoms with Gasteiger partial charge >= 0.3 is 6.18 Å². The number of methoxy groups -OCH3 is 2. The van der Waals surface area contributed by atoms with Crippen LogP contribution in [0.25, 0.3) is 0 Å². The summed E-state index contributed by atoms with van der Waals surface area (Å²) in [4.78, 5) is 16.5. The third-order valence-corrected chi connectivity index (χ3v) is 5.24. The Morgan fingerprint density at radius 2 is 2.00 bits per heavy atom. The predicted octanol–water partition coefficient (Wildman–Crippen LogP) is 4.59. The number of pyridine rings is 1. The first-order valence-corrected chi connectivity index (χ1v) is 9.80. The predicted molar refractivity (Wildman–Crippen MR) is 107 cm³/mol. The Hall–Kier alpha value is -2.93. The van der Waals surface area contributed by atoms with Gasteiger partial charge in [0.05, 0.1) is 36.8 Å². The van der Waals surface area contributed by atoms with Crippen LogP contribution >= 0.6 is 11.8 Å². The van der Waals surface area contributed by atoms with Gasteiger partial charge in [-0.15, -0.1) is 0 Å². The third kappa shape index (κ3) is 5.16. The Labute approximate surface area is 176 Å². The van der Waals surface area contributed by atoms with Gasteiger partial charge in [0.2, 0.25) is 5.91 Å². The molecule has 0 saturated carbocycles. The van der Waals surface area contributed by atoms with E-state index < -0.39 is 23.2 Å². The van der Waals surface area contributed by atoms with Crippen LogP contribution in [0.3, 0.4) is 0 Å². The van der Waals surface area contributed by atoms with Gasteiger partial charge in [-0.1, -0.05) is 18.7 Å². The number of nitriles is 1. The topological polar surface area (TPSA) is 84.2 Å². The first kappa shape index (κ1) is 23.3. The number of alkyl halides is 3. The number of halogens is 3. The monoisotopic (exact) mass is 439 g/mol. The van der Waals surface area contributed by atoms with E-state index in [1.807, 2.05) is 0 Å². The zero-order valence-corrected chi connectivity index (χ0v) is 17.6. The van der Waals surface area contributed by atoms with Crippen LogP contribution in [0.5, 0.6) is 11.5 Å². The van der Waals surface area contributed by atoms with Crippen molar-refractivity contribution < 1.29 is 27.4 Å². The lowest BCUT2D eigenvalue weighted by atomic mass is 10.0. The number of hydrogen-bond donors (Lipinski definition) is 1. The van der Waals surface area contributed by atoms with Crippen molar-refractivity contribution >= 4 is 23.4 Å². The summed E-state index contributed by atoms with van der Waals surface area (Å²) in [6.07, 6.45) is -4.43. The molecule has 10 heteroatoms. The maximum absolute atomic E-state index is 13.5. The minimum atomic E-state index is -4.70. The number of carbonyl (C=O) groups is 1. The van der Waals surface area contributed by atoms with Gasteiger partial charge in [-0.3, -0.25) is 4.79 Å². The first-order valence-electron chi connectivity index (χ1n) is 8.81. The van der Waals surface area contributed by atoms with Crippen LogP contribution in [0.2, 0.25) is 0 Å². The molecule has 1 aromatic heterocycles. The average molecular weight is 439 g/mol. The van der Waals surface area contributed by atoms with Crippen molar-refractivity contribution in [1.82, 2.24) is 4.98 Å². The van der Waals surface area contributed by atoms with E-state index in [1.165, 1.54) is 21.1 Å². The second-order valence-electron chi connectivity index (χ2n) is 6.10. The van der Waals surface area contributed by atoms with Gasteiger partial charge in [0.15, 0.2) is 0 Å². The van der Waals surface area contributed by atoms with Crippen molar-refractivity contribution in [2.45, 2.75) is 31.5 Å². The van der Waals surface area contributed by atoms with Gasteiger partial charge < -0.3 is 14.8 Å². The van der Waals surface area contributed by atoms with E-state index >= 15 is 0 Å². The molecule has 1 N–H and O–H groups in total. The molecule has 30 heavy (non-hydrogen) atoms. The molecule has 0 aliphatic heterocycles. The summed E-state index contributed by atoms with van der Waals surface area (Å²) in [5.41, 5.74) is -1.03. The lowest BCUT2D eigenvalue weighted by Gasteiger charge is -2.17. The number of benzene rings is 1. The van der Waals surface area contributed by atoms with Gasteiger partial charge in [-0.25, -0.2) is 4.98 Å². The van der Waals surface area contributed by atoms with Crippen LogP contribution in [0.1, 0.15) is 29.3 Å². The average Bonchev–Trinajstić information content (AvgIpc) is 2.71. The van der Waals surface area contributed by atoms with E-state index in [1.54, 1.807) is 31.2 Å². The minimum Gasteiger partial charge on any atom is -0.497 e. The van der Waals surface area contributed by atoms with Crippen molar-refractivity contribution in [3.8, 4) is 17.6 Å². The zero-order valence-electron chi connectivity index (χ0n) is 16.8. The van der Waals surface area contributed by atoms with Crippen molar-refractivity contribution in [1.29, 1.82) is 5.26 Å². The minimum absolute atomic E-state index is 0.0710. The smallest absolute Gasteiger partial charge is 0.418 e. The van der Waals surface area contributed by atoms with Gasteiger partial charge in [-0.2, -0.15) is 18.4 Å². The third-order valence-electron chi connectivity index (χ3n) is 4.26. The van der Waals surface area contributed by atoms with E-state index in [0.717, 1.165) is 11.8 Å². The SMILES string of the molecule is CCc1nc(SCC(=O)Nc2ccc(OC)cc2OC)c(C#N)c(C(F)(F)F)c1C. The Kier molecular flexibility index (Phi) is 7.56. The number of thioether (sulfide) groups is 1. The molecule has 0 atom stereocenters. The maximum atomic E-state index is 13.5. The highest BCUT2D eigenvalue weighted by Gasteiger charge is 2.38. The normalized spacial score (nSPS) is 11.0. The number of hydrogen-bond acceptors (Lipinski definition) is 6. The number of ether oxygens (including phenoxy) is 2. The van der Waals surface area contributed by atoms with E-state index in [9.17, 15) is 23.2 Å². The molecule has 2 aromatic rings. The number of anilines is 1. The maximum Gasteiger partial charge on any atom is 0.418 e. The number of aryl methyl sites for hydroxylation is 1. The highest BCUT2D eigenvalue weighted by molar-refractivity contribution is 8.00. The molecule has 2 rings (SSSR count). The molecule has 1 amide bonds. The standard InChI is InChI=1S/C20H20F3N3O3S/c1-5-14-11(2)18(20(21,22)23)13(9-24)19(26-14)30-10-17(27)25-15-7-6-12(28-3)8-16(15)29-4/h6-8H,5,10H2,1-4H3,(H,25,27). The largest absolute Gasteiger partial charge is 0.497 e. The molecule has 0 aliphatic carbocycles. The molecule has 0 saturated heterocycles. The van der Waals surface area contributed by atoms with Gasteiger partial charge in [-0.05, 0) is 31.0 Å². The summed E-state index contributed by atoms with van der Waals surface area (Å²) in [5, 5.41) is 11.8.